The number of rotatable bonds is 10. The van der Waals surface area contributed by atoms with E-state index >= 15 is 0 Å². The molecule has 0 aliphatic carbocycles. The predicted molar refractivity (Wildman–Crippen MR) is 143 cm³/mol. The van der Waals surface area contributed by atoms with Crippen molar-refractivity contribution in [2.45, 2.75) is 30.8 Å². The Bertz CT molecular complexity index is 1310. The third-order valence-corrected chi connectivity index (χ3v) is 8.02. The first-order chi connectivity index (χ1) is 17.2. The van der Waals surface area contributed by atoms with Gasteiger partial charge in [-0.05, 0) is 48.4 Å². The molecule has 10 heteroatoms. The van der Waals surface area contributed by atoms with Gasteiger partial charge >= 0.3 is 0 Å². The molecular formula is C26H27Cl2N3O4S. The molecule has 0 heterocycles. The summed E-state index contributed by atoms with van der Waals surface area (Å²) in [4.78, 5) is 27.9. The minimum Gasteiger partial charge on any atom is -0.357 e. The minimum atomic E-state index is -4.09. The lowest BCUT2D eigenvalue weighted by molar-refractivity contribution is -0.140. The predicted octanol–water partition coefficient (Wildman–Crippen LogP) is 4.74. The van der Waals surface area contributed by atoms with Crippen LogP contribution >= 0.6 is 23.2 Å². The Morgan fingerprint density at radius 2 is 1.56 bits per heavy atom. The van der Waals surface area contributed by atoms with Crippen LogP contribution in [0.3, 0.4) is 0 Å². The summed E-state index contributed by atoms with van der Waals surface area (Å²) in [7, 11) is -2.60. The largest absolute Gasteiger partial charge is 0.357 e. The third-order valence-electron chi connectivity index (χ3n) is 5.64. The first-order valence-electron chi connectivity index (χ1n) is 11.3. The third kappa shape index (κ3) is 6.37. The summed E-state index contributed by atoms with van der Waals surface area (Å²) < 4.78 is 28.3. The van der Waals surface area contributed by atoms with Crippen LogP contribution < -0.4 is 9.62 Å². The van der Waals surface area contributed by atoms with Crippen molar-refractivity contribution in [2.75, 3.05) is 17.9 Å². The summed E-state index contributed by atoms with van der Waals surface area (Å²) in [6.45, 7) is 1.26. The number of halogens is 2. The number of sulfonamides is 1. The summed E-state index contributed by atoms with van der Waals surface area (Å²) >= 11 is 12.4. The molecule has 3 aromatic rings. The second kappa shape index (κ2) is 12.3. The Morgan fingerprint density at radius 1 is 0.944 bits per heavy atom. The molecule has 1 atom stereocenters. The van der Waals surface area contributed by atoms with Gasteiger partial charge in [-0.3, -0.25) is 13.9 Å². The number of nitrogens with one attached hydrogen (secondary N) is 1. The maximum atomic E-state index is 13.8. The number of benzene rings is 3. The molecule has 0 aromatic heterocycles. The summed E-state index contributed by atoms with van der Waals surface area (Å²) in [5.41, 5.74) is 0.904. The average Bonchev–Trinajstić information content (AvgIpc) is 2.88. The zero-order valence-corrected chi connectivity index (χ0v) is 22.2. The number of para-hydroxylation sites is 1. The molecule has 3 rings (SSSR count). The van der Waals surface area contributed by atoms with Crippen molar-refractivity contribution in [2.24, 2.45) is 0 Å². The molecule has 0 saturated heterocycles. The highest BCUT2D eigenvalue weighted by atomic mass is 35.5. The molecule has 0 aliphatic rings. The first-order valence-corrected chi connectivity index (χ1v) is 13.5. The van der Waals surface area contributed by atoms with Crippen LogP contribution in [0, 0.1) is 0 Å². The standard InChI is InChI=1S/C26H27Cl2N3O4S/c1-3-24(26(33)29-2)30(17-19-14-15-20(27)16-23(19)28)25(32)18-31(21-10-6-4-7-11-21)36(34,35)22-12-8-5-9-13-22/h4-16,24H,3,17-18H2,1-2H3,(H,29,33). The van der Waals surface area contributed by atoms with Gasteiger partial charge in [0.25, 0.3) is 10.0 Å². The molecule has 0 fully saturated rings. The average molecular weight is 548 g/mol. The van der Waals surface area contributed by atoms with E-state index in [2.05, 4.69) is 5.32 Å². The zero-order chi connectivity index (χ0) is 26.3. The second-order valence-corrected chi connectivity index (χ2v) is 10.7. The molecule has 1 unspecified atom stereocenters. The number of nitrogens with zero attached hydrogens (tertiary/aromatic N) is 2. The number of carbonyl (C=O) groups is 2. The highest BCUT2D eigenvalue weighted by molar-refractivity contribution is 7.92. The quantitative estimate of drug-likeness (QED) is 0.397. The maximum Gasteiger partial charge on any atom is 0.264 e. The van der Waals surface area contributed by atoms with Crippen molar-refractivity contribution < 1.29 is 18.0 Å². The summed E-state index contributed by atoms with van der Waals surface area (Å²) in [5, 5.41) is 3.35. The van der Waals surface area contributed by atoms with E-state index in [0.717, 1.165) is 4.31 Å². The summed E-state index contributed by atoms with van der Waals surface area (Å²) in [5.74, 6) is -0.923. The van der Waals surface area contributed by atoms with E-state index < -0.39 is 28.5 Å². The fraction of sp³-hybridized carbons (Fsp3) is 0.231. The van der Waals surface area contributed by atoms with Crippen LogP contribution in [0.25, 0.3) is 0 Å². The van der Waals surface area contributed by atoms with Gasteiger partial charge in [0.05, 0.1) is 10.6 Å². The molecular weight excluding hydrogens is 521 g/mol. The molecule has 0 radical (unpaired) electrons. The zero-order valence-electron chi connectivity index (χ0n) is 19.9. The van der Waals surface area contributed by atoms with Crippen LogP contribution in [0.5, 0.6) is 0 Å². The number of anilines is 1. The summed E-state index contributed by atoms with van der Waals surface area (Å²) in [6, 6.07) is 20.3. The molecule has 190 valence electrons. The Balaban J connectivity index is 2.04. The van der Waals surface area contributed by atoms with E-state index in [1.165, 1.54) is 24.1 Å². The van der Waals surface area contributed by atoms with Crippen LogP contribution in [0.1, 0.15) is 18.9 Å². The second-order valence-electron chi connectivity index (χ2n) is 7.96. The number of carbonyl (C=O) groups excluding carboxylic acids is 2. The first kappa shape index (κ1) is 27.5. The Kier molecular flexibility index (Phi) is 9.37. The number of hydrogen-bond donors (Lipinski definition) is 1. The van der Waals surface area contributed by atoms with Crippen LogP contribution in [-0.2, 0) is 26.2 Å². The van der Waals surface area contributed by atoms with E-state index in [1.54, 1.807) is 73.7 Å². The molecule has 0 spiro atoms. The molecule has 7 nitrogen and oxygen atoms in total. The SMILES string of the molecule is CCC(C(=O)NC)N(Cc1ccc(Cl)cc1Cl)C(=O)CN(c1ccccc1)S(=O)(=O)c1ccccc1. The van der Waals surface area contributed by atoms with Crippen molar-refractivity contribution in [3.05, 3.63) is 94.5 Å². The van der Waals surface area contributed by atoms with Gasteiger partial charge in [-0.25, -0.2) is 8.42 Å². The lowest BCUT2D eigenvalue weighted by Gasteiger charge is -2.33. The van der Waals surface area contributed by atoms with Gasteiger partial charge in [-0.1, -0.05) is 72.6 Å². The molecule has 1 N–H and O–H groups in total. The van der Waals surface area contributed by atoms with Crippen LogP contribution in [0.15, 0.2) is 83.8 Å². The number of hydrogen-bond acceptors (Lipinski definition) is 4. The van der Waals surface area contributed by atoms with Crippen molar-refractivity contribution >= 4 is 50.7 Å². The van der Waals surface area contributed by atoms with Gasteiger partial charge in [0.15, 0.2) is 0 Å². The van der Waals surface area contributed by atoms with Crippen LogP contribution in [0.2, 0.25) is 10.0 Å². The molecule has 36 heavy (non-hydrogen) atoms. The number of amides is 2. The smallest absolute Gasteiger partial charge is 0.264 e. The van der Waals surface area contributed by atoms with Gasteiger partial charge in [0, 0.05) is 23.6 Å². The summed E-state index contributed by atoms with van der Waals surface area (Å²) in [6.07, 6.45) is 0.313. The fourth-order valence-corrected chi connectivity index (χ4v) is 5.67. The van der Waals surface area contributed by atoms with Gasteiger partial charge < -0.3 is 10.2 Å². The topological polar surface area (TPSA) is 86.8 Å². The monoisotopic (exact) mass is 547 g/mol. The van der Waals surface area contributed by atoms with Gasteiger partial charge in [0.1, 0.15) is 12.6 Å². The van der Waals surface area contributed by atoms with Crippen molar-refractivity contribution in [3.63, 3.8) is 0 Å². The van der Waals surface area contributed by atoms with E-state index in [-0.39, 0.29) is 17.3 Å². The molecule has 3 aromatic carbocycles. The van der Waals surface area contributed by atoms with E-state index in [1.807, 2.05) is 0 Å². The van der Waals surface area contributed by atoms with Gasteiger partial charge in [0.2, 0.25) is 11.8 Å². The number of likely N-dealkylation sites (N-methyl/N-ethyl adjacent to an activating group) is 1. The van der Waals surface area contributed by atoms with Crippen LogP contribution in [-0.4, -0.2) is 44.8 Å². The molecule has 0 bridgehead atoms. The molecule has 0 saturated carbocycles. The van der Waals surface area contributed by atoms with E-state index in [0.29, 0.717) is 27.7 Å². The lowest BCUT2D eigenvalue weighted by atomic mass is 10.1. The Morgan fingerprint density at radius 3 is 2.11 bits per heavy atom. The normalized spacial score (nSPS) is 12.0. The Labute approximate surface area is 221 Å². The van der Waals surface area contributed by atoms with E-state index in [9.17, 15) is 18.0 Å². The minimum absolute atomic E-state index is 0.00518. The molecule has 0 aliphatic heterocycles. The van der Waals surface area contributed by atoms with Crippen molar-refractivity contribution in [1.82, 2.24) is 10.2 Å². The van der Waals surface area contributed by atoms with Crippen LogP contribution in [0.4, 0.5) is 5.69 Å². The Hall–Kier alpha value is -3.07. The lowest BCUT2D eigenvalue weighted by Crippen LogP contribution is -2.51. The highest BCUT2D eigenvalue weighted by Crippen LogP contribution is 2.26. The van der Waals surface area contributed by atoms with Crippen molar-refractivity contribution in [3.8, 4) is 0 Å². The van der Waals surface area contributed by atoms with Crippen molar-refractivity contribution in [1.29, 1.82) is 0 Å². The molecule has 2 amide bonds. The maximum absolute atomic E-state index is 13.8. The van der Waals surface area contributed by atoms with Gasteiger partial charge in [-0.15, -0.1) is 0 Å². The fourth-order valence-electron chi connectivity index (χ4n) is 3.76. The highest BCUT2D eigenvalue weighted by Gasteiger charge is 2.33. The van der Waals surface area contributed by atoms with E-state index in [4.69, 9.17) is 23.2 Å². The van der Waals surface area contributed by atoms with Gasteiger partial charge in [-0.2, -0.15) is 0 Å².